The Bertz CT molecular complexity index is 372. The summed E-state index contributed by atoms with van der Waals surface area (Å²) >= 11 is 5.63. The molecule has 0 saturated carbocycles. The molecule has 16 heavy (non-hydrogen) atoms. The van der Waals surface area contributed by atoms with Gasteiger partial charge in [0.2, 0.25) is 0 Å². The number of alkyl halides is 1. The Balaban J connectivity index is 2.63. The van der Waals surface area contributed by atoms with Gasteiger partial charge in [-0.15, -0.1) is 11.6 Å². The summed E-state index contributed by atoms with van der Waals surface area (Å²) in [7, 11) is 0. The number of benzene rings is 1. The Hall–Kier alpha value is -1.20. The molecule has 0 aliphatic heterocycles. The molecule has 0 radical (unpaired) electrons. The van der Waals surface area contributed by atoms with Crippen molar-refractivity contribution < 1.29 is 4.74 Å². The highest BCUT2D eigenvalue weighted by atomic mass is 35.5. The molecule has 0 heterocycles. The highest BCUT2D eigenvalue weighted by Crippen LogP contribution is 2.24. The van der Waals surface area contributed by atoms with Crippen LogP contribution in [-0.2, 0) is 5.41 Å². The molecule has 0 amide bonds. The lowest BCUT2D eigenvalue weighted by atomic mass is 9.87. The average molecular weight is 238 g/mol. The van der Waals surface area contributed by atoms with E-state index in [1.54, 1.807) is 0 Å². The fourth-order valence-corrected chi connectivity index (χ4v) is 1.32. The molecule has 0 aromatic heterocycles. The lowest BCUT2D eigenvalue weighted by Gasteiger charge is -2.19. The van der Waals surface area contributed by atoms with Crippen molar-refractivity contribution in [2.24, 2.45) is 0 Å². The van der Waals surface area contributed by atoms with Gasteiger partial charge in [0.05, 0.1) is 6.07 Å². The van der Waals surface area contributed by atoms with Crippen LogP contribution in [0.15, 0.2) is 24.3 Å². The summed E-state index contributed by atoms with van der Waals surface area (Å²) < 4.78 is 5.37. The lowest BCUT2D eigenvalue weighted by molar-refractivity contribution is 0.329. The number of nitriles is 1. The maximum Gasteiger partial charge on any atom is 0.154 e. The smallest absolute Gasteiger partial charge is 0.154 e. The number of nitrogens with zero attached hydrogens (tertiary/aromatic N) is 1. The molecule has 86 valence electrons. The van der Waals surface area contributed by atoms with E-state index in [0.717, 1.165) is 5.75 Å². The van der Waals surface area contributed by atoms with Crippen molar-refractivity contribution >= 4 is 11.6 Å². The van der Waals surface area contributed by atoms with E-state index in [2.05, 4.69) is 20.8 Å². The molecule has 1 rings (SSSR count). The standard InChI is InChI=1S/C13H16ClNO/c1-13(2,3)10-4-6-12(7-5-10)16-9-11(14)8-15/h4-7,11H,9H2,1-3H3. The van der Waals surface area contributed by atoms with Gasteiger partial charge in [0.25, 0.3) is 0 Å². The number of rotatable bonds is 3. The highest BCUT2D eigenvalue weighted by Gasteiger charge is 2.13. The second-order valence-corrected chi connectivity index (χ2v) is 5.21. The fourth-order valence-electron chi connectivity index (χ4n) is 1.26. The highest BCUT2D eigenvalue weighted by molar-refractivity contribution is 6.22. The number of hydrogen-bond acceptors (Lipinski definition) is 2. The maximum atomic E-state index is 8.50. The quantitative estimate of drug-likeness (QED) is 0.754. The van der Waals surface area contributed by atoms with Crippen LogP contribution in [0.5, 0.6) is 5.75 Å². The zero-order chi connectivity index (χ0) is 12.2. The zero-order valence-corrected chi connectivity index (χ0v) is 10.6. The second kappa shape index (κ2) is 5.23. The summed E-state index contributed by atoms with van der Waals surface area (Å²) in [5.74, 6) is 0.744. The van der Waals surface area contributed by atoms with Gasteiger partial charge in [0.1, 0.15) is 12.4 Å². The first-order valence-electron chi connectivity index (χ1n) is 5.20. The van der Waals surface area contributed by atoms with Gasteiger partial charge in [-0.2, -0.15) is 5.26 Å². The molecule has 0 spiro atoms. The van der Waals surface area contributed by atoms with Crippen molar-refractivity contribution in [1.82, 2.24) is 0 Å². The van der Waals surface area contributed by atoms with Gasteiger partial charge in [-0.3, -0.25) is 0 Å². The van der Waals surface area contributed by atoms with Crippen LogP contribution >= 0.6 is 11.6 Å². The molecule has 0 N–H and O–H groups in total. The van der Waals surface area contributed by atoms with Gasteiger partial charge in [-0.1, -0.05) is 32.9 Å². The van der Waals surface area contributed by atoms with Crippen LogP contribution < -0.4 is 4.74 Å². The fraction of sp³-hybridized carbons (Fsp3) is 0.462. The lowest BCUT2D eigenvalue weighted by Crippen LogP contribution is -2.11. The first kappa shape index (κ1) is 12.9. The summed E-state index contributed by atoms with van der Waals surface area (Å²) in [5, 5.41) is 7.91. The largest absolute Gasteiger partial charge is 0.491 e. The van der Waals surface area contributed by atoms with Gasteiger partial charge >= 0.3 is 0 Å². The molecule has 1 atom stereocenters. The van der Waals surface area contributed by atoms with E-state index in [1.165, 1.54) is 5.56 Å². The van der Waals surface area contributed by atoms with Crippen LogP contribution in [0.2, 0.25) is 0 Å². The van der Waals surface area contributed by atoms with Crippen molar-refractivity contribution in [2.75, 3.05) is 6.61 Å². The summed E-state index contributed by atoms with van der Waals surface area (Å²) in [6.07, 6.45) is 0. The van der Waals surface area contributed by atoms with Crippen LogP contribution in [0.25, 0.3) is 0 Å². The first-order chi connectivity index (χ1) is 7.43. The van der Waals surface area contributed by atoms with E-state index >= 15 is 0 Å². The van der Waals surface area contributed by atoms with Crippen LogP contribution in [0.4, 0.5) is 0 Å². The van der Waals surface area contributed by atoms with E-state index in [1.807, 2.05) is 30.3 Å². The molecule has 0 bridgehead atoms. The maximum absolute atomic E-state index is 8.50. The minimum absolute atomic E-state index is 0.139. The van der Waals surface area contributed by atoms with Gasteiger partial charge < -0.3 is 4.74 Å². The Morgan fingerprint density at radius 2 is 1.88 bits per heavy atom. The van der Waals surface area contributed by atoms with Gasteiger partial charge in [0.15, 0.2) is 5.38 Å². The van der Waals surface area contributed by atoms with Crippen molar-refractivity contribution in [3.63, 3.8) is 0 Å². The monoisotopic (exact) mass is 237 g/mol. The number of ether oxygens (including phenoxy) is 1. The summed E-state index contributed by atoms with van der Waals surface area (Å²) in [6, 6.07) is 9.79. The topological polar surface area (TPSA) is 33.0 Å². The predicted octanol–water partition coefficient (Wildman–Crippen LogP) is 3.49. The van der Waals surface area contributed by atoms with Crippen molar-refractivity contribution in [3.8, 4) is 11.8 Å². The third kappa shape index (κ3) is 3.75. The minimum Gasteiger partial charge on any atom is -0.491 e. The number of hydrogen-bond donors (Lipinski definition) is 0. The normalized spacial score (nSPS) is 12.9. The van der Waals surface area contributed by atoms with E-state index in [-0.39, 0.29) is 12.0 Å². The molecule has 1 unspecified atom stereocenters. The molecule has 0 aliphatic carbocycles. The molecular formula is C13H16ClNO. The average Bonchev–Trinajstić information content (AvgIpc) is 2.25. The molecule has 1 aromatic rings. The molecular weight excluding hydrogens is 222 g/mol. The Morgan fingerprint density at radius 1 is 1.31 bits per heavy atom. The minimum atomic E-state index is -0.595. The van der Waals surface area contributed by atoms with Crippen LogP contribution in [-0.4, -0.2) is 12.0 Å². The van der Waals surface area contributed by atoms with Crippen molar-refractivity contribution in [1.29, 1.82) is 5.26 Å². The first-order valence-corrected chi connectivity index (χ1v) is 5.64. The number of halogens is 1. The summed E-state index contributed by atoms with van der Waals surface area (Å²) in [4.78, 5) is 0. The molecule has 0 saturated heterocycles. The third-order valence-electron chi connectivity index (χ3n) is 2.26. The SMILES string of the molecule is CC(C)(C)c1ccc(OCC(Cl)C#N)cc1. The molecule has 1 aromatic carbocycles. The van der Waals surface area contributed by atoms with Gasteiger partial charge in [-0.05, 0) is 23.1 Å². The Labute approximate surface area is 102 Å². The molecule has 0 aliphatic rings. The van der Waals surface area contributed by atoms with Crippen molar-refractivity contribution in [3.05, 3.63) is 29.8 Å². The Morgan fingerprint density at radius 3 is 2.31 bits per heavy atom. The van der Waals surface area contributed by atoms with E-state index < -0.39 is 5.38 Å². The van der Waals surface area contributed by atoms with Crippen LogP contribution in [0.3, 0.4) is 0 Å². The van der Waals surface area contributed by atoms with Crippen LogP contribution in [0.1, 0.15) is 26.3 Å². The van der Waals surface area contributed by atoms with Crippen molar-refractivity contribution in [2.45, 2.75) is 31.6 Å². The second-order valence-electron chi connectivity index (χ2n) is 4.68. The van der Waals surface area contributed by atoms with Gasteiger partial charge in [-0.25, -0.2) is 0 Å². The third-order valence-corrected chi connectivity index (χ3v) is 2.48. The Kier molecular flexibility index (Phi) is 4.20. The zero-order valence-electron chi connectivity index (χ0n) is 9.83. The summed E-state index contributed by atoms with van der Waals surface area (Å²) in [5.41, 5.74) is 1.39. The van der Waals surface area contributed by atoms with Gasteiger partial charge in [0, 0.05) is 0 Å². The summed E-state index contributed by atoms with van der Waals surface area (Å²) in [6.45, 7) is 6.70. The van der Waals surface area contributed by atoms with E-state index in [0.29, 0.717) is 0 Å². The molecule has 0 fully saturated rings. The van der Waals surface area contributed by atoms with Crippen LogP contribution in [0, 0.1) is 11.3 Å². The van der Waals surface area contributed by atoms with E-state index in [9.17, 15) is 0 Å². The molecule has 3 heteroatoms. The predicted molar refractivity (Wildman–Crippen MR) is 65.9 cm³/mol. The molecule has 2 nitrogen and oxygen atoms in total. The van der Waals surface area contributed by atoms with E-state index in [4.69, 9.17) is 21.6 Å².